The van der Waals surface area contributed by atoms with Crippen LogP contribution in [0.4, 0.5) is 5.69 Å². The second kappa shape index (κ2) is 5.32. The molecule has 1 N–H and O–H groups in total. The lowest BCUT2D eigenvalue weighted by Crippen LogP contribution is -2.29. The fraction of sp³-hybridized carbons (Fsp3) is 0.231. The molecule has 100 valence electrons. The van der Waals surface area contributed by atoms with Crippen LogP contribution >= 0.6 is 11.6 Å². The standard InChI is InChI=1S/C13H13ClN2O3/c1-15-11-10(13(18)19-2)7-16(12(11)17)9-5-3-8(14)4-6-9/h3-6,15H,7H2,1-2H3. The molecular weight excluding hydrogens is 268 g/mol. The number of likely N-dealkylation sites (N-methyl/N-ethyl adjacent to an activating group) is 1. The van der Waals surface area contributed by atoms with Gasteiger partial charge in [-0.1, -0.05) is 11.6 Å². The topological polar surface area (TPSA) is 58.6 Å². The number of carbonyl (C=O) groups is 2. The van der Waals surface area contributed by atoms with Crippen molar-refractivity contribution in [1.82, 2.24) is 5.32 Å². The molecule has 0 radical (unpaired) electrons. The average Bonchev–Trinajstić information content (AvgIpc) is 2.76. The minimum Gasteiger partial charge on any atom is -0.466 e. The normalized spacial score (nSPS) is 14.9. The minimum absolute atomic E-state index is 0.184. The monoisotopic (exact) mass is 280 g/mol. The van der Waals surface area contributed by atoms with Gasteiger partial charge < -0.3 is 15.0 Å². The molecule has 1 aromatic carbocycles. The van der Waals surface area contributed by atoms with Gasteiger partial charge in [0.25, 0.3) is 5.91 Å². The van der Waals surface area contributed by atoms with E-state index in [2.05, 4.69) is 10.1 Å². The summed E-state index contributed by atoms with van der Waals surface area (Å²) in [6.45, 7) is 0.184. The van der Waals surface area contributed by atoms with E-state index in [-0.39, 0.29) is 18.1 Å². The van der Waals surface area contributed by atoms with E-state index in [1.807, 2.05) is 0 Å². The average molecular weight is 281 g/mol. The Kier molecular flexibility index (Phi) is 3.76. The van der Waals surface area contributed by atoms with Crippen molar-refractivity contribution in [2.24, 2.45) is 0 Å². The summed E-state index contributed by atoms with van der Waals surface area (Å²) in [5, 5.41) is 3.34. The number of nitrogens with zero attached hydrogens (tertiary/aromatic N) is 1. The molecule has 0 saturated heterocycles. The number of amides is 1. The summed E-state index contributed by atoms with van der Waals surface area (Å²) in [4.78, 5) is 25.4. The third-order valence-corrected chi connectivity index (χ3v) is 3.15. The fourth-order valence-electron chi connectivity index (χ4n) is 1.95. The van der Waals surface area contributed by atoms with Crippen LogP contribution in [0.3, 0.4) is 0 Å². The molecule has 1 aromatic rings. The van der Waals surface area contributed by atoms with Gasteiger partial charge in [0.1, 0.15) is 5.70 Å². The third-order valence-electron chi connectivity index (χ3n) is 2.90. The molecule has 0 atom stereocenters. The molecule has 1 aliphatic rings. The Balaban J connectivity index is 2.32. The number of rotatable bonds is 3. The summed E-state index contributed by atoms with van der Waals surface area (Å²) >= 11 is 5.81. The molecule has 0 aliphatic carbocycles. The largest absolute Gasteiger partial charge is 0.466 e. The van der Waals surface area contributed by atoms with E-state index in [9.17, 15) is 9.59 Å². The first-order chi connectivity index (χ1) is 9.08. The smallest absolute Gasteiger partial charge is 0.337 e. The van der Waals surface area contributed by atoms with E-state index >= 15 is 0 Å². The Morgan fingerprint density at radius 2 is 2.00 bits per heavy atom. The highest BCUT2D eigenvalue weighted by Crippen LogP contribution is 2.26. The van der Waals surface area contributed by atoms with Crippen molar-refractivity contribution in [3.63, 3.8) is 0 Å². The lowest BCUT2D eigenvalue weighted by molar-refractivity contribution is -0.136. The highest BCUT2D eigenvalue weighted by molar-refractivity contribution is 6.30. The number of esters is 1. The zero-order chi connectivity index (χ0) is 14.0. The van der Waals surface area contributed by atoms with E-state index in [0.717, 1.165) is 0 Å². The van der Waals surface area contributed by atoms with Gasteiger partial charge in [-0.2, -0.15) is 0 Å². The molecule has 1 heterocycles. The van der Waals surface area contributed by atoms with Gasteiger partial charge in [0.15, 0.2) is 0 Å². The van der Waals surface area contributed by atoms with Crippen molar-refractivity contribution in [3.8, 4) is 0 Å². The molecule has 5 nitrogen and oxygen atoms in total. The molecule has 0 unspecified atom stereocenters. The Hall–Kier alpha value is -2.01. The number of benzene rings is 1. The van der Waals surface area contributed by atoms with Gasteiger partial charge in [0.05, 0.1) is 19.2 Å². The summed E-state index contributed by atoms with van der Waals surface area (Å²) in [7, 11) is 2.89. The zero-order valence-electron chi connectivity index (χ0n) is 10.6. The SMILES string of the molecule is CNC1=C(C(=O)OC)CN(c2ccc(Cl)cc2)C1=O. The zero-order valence-corrected chi connectivity index (χ0v) is 11.3. The number of nitrogens with one attached hydrogen (secondary N) is 1. The molecule has 0 aromatic heterocycles. The Morgan fingerprint density at radius 3 is 2.53 bits per heavy atom. The summed E-state index contributed by atoms with van der Waals surface area (Å²) in [5.74, 6) is -0.764. The molecule has 0 saturated carbocycles. The number of carbonyl (C=O) groups excluding carboxylic acids is 2. The van der Waals surface area contributed by atoms with Crippen LogP contribution in [0.25, 0.3) is 0 Å². The number of anilines is 1. The number of halogens is 1. The fourth-order valence-corrected chi connectivity index (χ4v) is 2.08. The Labute approximate surface area is 115 Å². The molecule has 19 heavy (non-hydrogen) atoms. The van der Waals surface area contributed by atoms with Gasteiger partial charge in [-0.15, -0.1) is 0 Å². The lowest BCUT2D eigenvalue weighted by atomic mass is 10.2. The number of hydrogen-bond donors (Lipinski definition) is 1. The summed E-state index contributed by atoms with van der Waals surface area (Å²) < 4.78 is 4.68. The van der Waals surface area contributed by atoms with Crippen LogP contribution < -0.4 is 10.2 Å². The maximum Gasteiger partial charge on any atom is 0.337 e. The van der Waals surface area contributed by atoms with Gasteiger partial charge in [-0.25, -0.2) is 4.79 Å². The van der Waals surface area contributed by atoms with Gasteiger partial charge in [0.2, 0.25) is 0 Å². The first kappa shape index (κ1) is 13.4. The minimum atomic E-state index is -0.505. The van der Waals surface area contributed by atoms with Crippen LogP contribution in [0.5, 0.6) is 0 Å². The second-order valence-electron chi connectivity index (χ2n) is 3.96. The van der Waals surface area contributed by atoms with Crippen LogP contribution in [0.15, 0.2) is 35.5 Å². The summed E-state index contributed by atoms with van der Waals surface area (Å²) in [5.41, 5.74) is 1.27. The number of hydrogen-bond acceptors (Lipinski definition) is 4. The van der Waals surface area contributed by atoms with Crippen molar-refractivity contribution < 1.29 is 14.3 Å². The van der Waals surface area contributed by atoms with Crippen LogP contribution in [0.2, 0.25) is 5.02 Å². The van der Waals surface area contributed by atoms with Crippen LogP contribution in [-0.4, -0.2) is 32.6 Å². The molecule has 0 spiro atoms. The molecule has 0 bridgehead atoms. The van der Waals surface area contributed by atoms with Crippen molar-refractivity contribution in [3.05, 3.63) is 40.6 Å². The maximum atomic E-state index is 12.2. The maximum absolute atomic E-state index is 12.2. The molecule has 2 rings (SSSR count). The lowest BCUT2D eigenvalue weighted by Gasteiger charge is -2.16. The van der Waals surface area contributed by atoms with Crippen LogP contribution in [0.1, 0.15) is 0 Å². The Bertz CT molecular complexity index is 552. The summed E-state index contributed by atoms with van der Waals surface area (Å²) in [6, 6.07) is 6.85. The van der Waals surface area contributed by atoms with Gasteiger partial charge in [-0.3, -0.25) is 4.79 Å². The molecule has 1 amide bonds. The van der Waals surface area contributed by atoms with Gasteiger partial charge in [0, 0.05) is 17.8 Å². The first-order valence-electron chi connectivity index (χ1n) is 5.65. The van der Waals surface area contributed by atoms with Crippen molar-refractivity contribution in [2.45, 2.75) is 0 Å². The summed E-state index contributed by atoms with van der Waals surface area (Å²) in [6.07, 6.45) is 0. The predicted molar refractivity (Wildman–Crippen MR) is 71.9 cm³/mol. The van der Waals surface area contributed by atoms with Crippen molar-refractivity contribution in [2.75, 3.05) is 25.6 Å². The Morgan fingerprint density at radius 1 is 1.37 bits per heavy atom. The van der Waals surface area contributed by atoms with Crippen molar-refractivity contribution in [1.29, 1.82) is 0 Å². The first-order valence-corrected chi connectivity index (χ1v) is 6.03. The molecule has 0 fully saturated rings. The number of methoxy groups -OCH3 is 1. The van der Waals surface area contributed by atoms with E-state index in [1.54, 1.807) is 31.3 Å². The predicted octanol–water partition coefficient (Wildman–Crippen LogP) is 1.33. The van der Waals surface area contributed by atoms with Crippen LogP contribution in [-0.2, 0) is 14.3 Å². The third kappa shape index (κ3) is 2.42. The molecular formula is C13H13ClN2O3. The molecule has 1 aliphatic heterocycles. The van der Waals surface area contributed by atoms with E-state index in [1.165, 1.54) is 12.0 Å². The number of ether oxygens (including phenoxy) is 1. The highest BCUT2D eigenvalue weighted by atomic mass is 35.5. The van der Waals surface area contributed by atoms with E-state index in [4.69, 9.17) is 11.6 Å². The molecule has 6 heteroatoms. The van der Waals surface area contributed by atoms with E-state index in [0.29, 0.717) is 16.3 Å². The van der Waals surface area contributed by atoms with Gasteiger partial charge in [-0.05, 0) is 24.3 Å². The van der Waals surface area contributed by atoms with Crippen molar-refractivity contribution >= 4 is 29.2 Å². The van der Waals surface area contributed by atoms with Gasteiger partial charge >= 0.3 is 5.97 Å². The van der Waals surface area contributed by atoms with E-state index < -0.39 is 5.97 Å². The highest BCUT2D eigenvalue weighted by Gasteiger charge is 2.34. The second-order valence-corrected chi connectivity index (χ2v) is 4.40. The quantitative estimate of drug-likeness (QED) is 0.849. The van der Waals surface area contributed by atoms with Crippen LogP contribution in [0, 0.1) is 0 Å².